The van der Waals surface area contributed by atoms with Crippen LogP contribution < -0.4 is 4.74 Å². The van der Waals surface area contributed by atoms with Crippen molar-refractivity contribution in [3.05, 3.63) is 47.4 Å². The standard InChI is InChI=1S/C19H21F2N3O4S/c1-12-10-17(23-13(2)22-12)28-14-6-5-9-24(11-14)18(25)15-7-3-4-8-16(15)29(26,27)19(20)21/h3-4,7-8,10,14,19H,5-6,9,11H2,1-2H3. The molecule has 0 bridgehead atoms. The van der Waals surface area contributed by atoms with Crippen LogP contribution in [0.5, 0.6) is 5.88 Å². The minimum absolute atomic E-state index is 0.198. The highest BCUT2D eigenvalue weighted by Gasteiger charge is 2.33. The molecule has 0 aliphatic carbocycles. The summed E-state index contributed by atoms with van der Waals surface area (Å²) in [4.78, 5) is 22.1. The van der Waals surface area contributed by atoms with Gasteiger partial charge in [0.2, 0.25) is 15.7 Å². The predicted molar refractivity (Wildman–Crippen MR) is 101 cm³/mol. The zero-order valence-electron chi connectivity index (χ0n) is 16.0. The maximum Gasteiger partial charge on any atom is 0.341 e. The van der Waals surface area contributed by atoms with Crippen molar-refractivity contribution in [3.63, 3.8) is 0 Å². The number of alkyl halides is 2. The molecule has 1 amide bonds. The van der Waals surface area contributed by atoms with Crippen molar-refractivity contribution in [2.24, 2.45) is 0 Å². The molecule has 2 aromatic rings. The number of carbonyl (C=O) groups is 1. The van der Waals surface area contributed by atoms with E-state index in [0.29, 0.717) is 31.1 Å². The second-order valence-corrected chi connectivity index (χ2v) is 8.72. The van der Waals surface area contributed by atoms with E-state index in [9.17, 15) is 22.0 Å². The molecule has 1 saturated heterocycles. The van der Waals surface area contributed by atoms with E-state index in [1.54, 1.807) is 13.0 Å². The van der Waals surface area contributed by atoms with Crippen LogP contribution in [0.15, 0.2) is 35.2 Å². The number of benzene rings is 1. The van der Waals surface area contributed by atoms with Gasteiger partial charge in [0.25, 0.3) is 5.91 Å². The quantitative estimate of drug-likeness (QED) is 0.732. The number of aromatic nitrogens is 2. The number of rotatable bonds is 5. The predicted octanol–water partition coefficient (Wildman–Crippen LogP) is 2.77. The number of halogens is 2. The van der Waals surface area contributed by atoms with E-state index in [1.807, 2.05) is 6.92 Å². The molecule has 1 unspecified atom stereocenters. The van der Waals surface area contributed by atoms with Crippen LogP contribution in [0.4, 0.5) is 8.78 Å². The summed E-state index contributed by atoms with van der Waals surface area (Å²) < 4.78 is 55.8. The zero-order chi connectivity index (χ0) is 21.2. The van der Waals surface area contributed by atoms with Gasteiger partial charge >= 0.3 is 5.76 Å². The van der Waals surface area contributed by atoms with E-state index in [4.69, 9.17) is 4.74 Å². The summed E-state index contributed by atoms with van der Waals surface area (Å²) in [5.74, 6) is -3.25. The van der Waals surface area contributed by atoms with Gasteiger partial charge in [0.05, 0.1) is 17.0 Å². The summed E-state index contributed by atoms with van der Waals surface area (Å²) in [6.45, 7) is 4.14. The SMILES string of the molecule is Cc1cc(OC2CCCN(C(=O)c3ccccc3S(=O)(=O)C(F)F)C2)nc(C)n1. The first-order valence-electron chi connectivity index (χ1n) is 9.08. The van der Waals surface area contributed by atoms with Gasteiger partial charge in [0.15, 0.2) is 0 Å². The number of likely N-dealkylation sites (tertiary alicyclic amines) is 1. The second-order valence-electron chi connectivity index (χ2n) is 6.83. The number of carbonyl (C=O) groups excluding carboxylic acids is 1. The van der Waals surface area contributed by atoms with Crippen LogP contribution in [0.1, 0.15) is 34.7 Å². The number of hydrogen-bond acceptors (Lipinski definition) is 6. The molecule has 1 aromatic heterocycles. The van der Waals surface area contributed by atoms with Gasteiger partial charge in [-0.05, 0) is 38.8 Å². The average Bonchev–Trinajstić information content (AvgIpc) is 2.66. The molecule has 7 nitrogen and oxygen atoms in total. The first-order valence-corrected chi connectivity index (χ1v) is 10.6. The first-order chi connectivity index (χ1) is 13.7. The summed E-state index contributed by atoms with van der Waals surface area (Å²) in [5, 5.41) is 0. The van der Waals surface area contributed by atoms with Gasteiger partial charge < -0.3 is 9.64 Å². The number of aryl methyl sites for hydroxylation is 2. The topological polar surface area (TPSA) is 89.5 Å². The Labute approximate surface area is 167 Å². The summed E-state index contributed by atoms with van der Waals surface area (Å²) in [6.07, 6.45) is 0.965. The van der Waals surface area contributed by atoms with Crippen LogP contribution >= 0.6 is 0 Å². The van der Waals surface area contributed by atoms with Crippen molar-refractivity contribution < 1.29 is 26.7 Å². The third-order valence-electron chi connectivity index (χ3n) is 4.55. The molecule has 10 heteroatoms. The molecule has 1 aromatic carbocycles. The molecule has 0 spiro atoms. The van der Waals surface area contributed by atoms with Crippen molar-refractivity contribution in [2.75, 3.05) is 13.1 Å². The molecular formula is C19H21F2N3O4S. The Morgan fingerprint density at radius 2 is 1.97 bits per heavy atom. The normalized spacial score (nSPS) is 17.4. The molecule has 1 fully saturated rings. The molecule has 0 N–H and O–H groups in total. The monoisotopic (exact) mass is 425 g/mol. The van der Waals surface area contributed by atoms with Crippen LogP contribution in [0.3, 0.4) is 0 Å². The molecular weight excluding hydrogens is 404 g/mol. The number of nitrogens with zero attached hydrogens (tertiary/aromatic N) is 3. The summed E-state index contributed by atoms with van der Waals surface area (Å²) in [6, 6.07) is 6.73. The second kappa shape index (κ2) is 8.40. The van der Waals surface area contributed by atoms with E-state index < -0.39 is 26.4 Å². The fourth-order valence-electron chi connectivity index (χ4n) is 3.29. The molecule has 2 heterocycles. The number of ether oxygens (including phenoxy) is 1. The van der Waals surface area contributed by atoms with Gasteiger partial charge in [-0.2, -0.15) is 13.8 Å². The highest BCUT2D eigenvalue weighted by atomic mass is 32.2. The third-order valence-corrected chi connectivity index (χ3v) is 5.99. The van der Waals surface area contributed by atoms with Gasteiger partial charge in [-0.3, -0.25) is 4.79 Å². The van der Waals surface area contributed by atoms with Gasteiger partial charge in [-0.1, -0.05) is 12.1 Å². The zero-order valence-corrected chi connectivity index (χ0v) is 16.8. The van der Waals surface area contributed by atoms with Crippen molar-refractivity contribution in [1.82, 2.24) is 14.9 Å². The summed E-state index contributed by atoms with van der Waals surface area (Å²) in [7, 11) is -4.89. The molecule has 156 valence electrons. The van der Waals surface area contributed by atoms with E-state index in [1.165, 1.54) is 23.1 Å². The molecule has 0 saturated carbocycles. The fraction of sp³-hybridized carbons (Fsp3) is 0.421. The molecule has 3 rings (SSSR count). The van der Waals surface area contributed by atoms with E-state index >= 15 is 0 Å². The van der Waals surface area contributed by atoms with Crippen LogP contribution in [0, 0.1) is 13.8 Å². The Kier molecular flexibility index (Phi) is 6.11. The number of piperidine rings is 1. The highest BCUT2D eigenvalue weighted by molar-refractivity contribution is 7.91. The van der Waals surface area contributed by atoms with Gasteiger partial charge in [-0.25, -0.2) is 13.4 Å². The van der Waals surface area contributed by atoms with Gasteiger partial charge in [0.1, 0.15) is 11.9 Å². The van der Waals surface area contributed by atoms with Gasteiger partial charge in [-0.15, -0.1) is 0 Å². The first kappa shape index (κ1) is 21.1. The number of amides is 1. The van der Waals surface area contributed by atoms with E-state index in [-0.39, 0.29) is 18.2 Å². The Morgan fingerprint density at radius 3 is 2.66 bits per heavy atom. The van der Waals surface area contributed by atoms with Crippen LogP contribution in [-0.4, -0.2) is 54.1 Å². The van der Waals surface area contributed by atoms with Crippen LogP contribution in [0.2, 0.25) is 0 Å². The average molecular weight is 425 g/mol. The lowest BCUT2D eigenvalue weighted by atomic mass is 10.1. The minimum Gasteiger partial charge on any atom is -0.472 e. The van der Waals surface area contributed by atoms with Crippen LogP contribution in [-0.2, 0) is 9.84 Å². The van der Waals surface area contributed by atoms with Gasteiger partial charge in [0, 0.05) is 18.3 Å². The molecule has 1 atom stereocenters. The Balaban J connectivity index is 1.80. The molecule has 1 aliphatic heterocycles. The lowest BCUT2D eigenvalue weighted by molar-refractivity contribution is 0.0523. The summed E-state index contributed by atoms with van der Waals surface area (Å²) in [5.41, 5.74) is 0.490. The van der Waals surface area contributed by atoms with Crippen LogP contribution in [0.25, 0.3) is 0 Å². The van der Waals surface area contributed by atoms with Crippen molar-refractivity contribution in [1.29, 1.82) is 0 Å². The Bertz CT molecular complexity index is 994. The van der Waals surface area contributed by atoms with Crippen molar-refractivity contribution in [3.8, 4) is 5.88 Å². The van der Waals surface area contributed by atoms with E-state index in [2.05, 4.69) is 9.97 Å². The molecule has 1 aliphatic rings. The minimum atomic E-state index is -4.89. The lowest BCUT2D eigenvalue weighted by Crippen LogP contribution is -2.44. The number of sulfone groups is 1. The smallest absolute Gasteiger partial charge is 0.341 e. The fourth-order valence-corrected chi connectivity index (χ4v) is 4.21. The van der Waals surface area contributed by atoms with Crippen molar-refractivity contribution in [2.45, 2.75) is 43.4 Å². The third kappa shape index (κ3) is 4.69. The molecule has 0 radical (unpaired) electrons. The maximum absolute atomic E-state index is 13.0. The largest absolute Gasteiger partial charge is 0.472 e. The Hall–Kier alpha value is -2.62. The summed E-state index contributed by atoms with van der Waals surface area (Å²) >= 11 is 0. The molecule has 29 heavy (non-hydrogen) atoms. The maximum atomic E-state index is 13.0. The highest BCUT2D eigenvalue weighted by Crippen LogP contribution is 2.25. The number of hydrogen-bond donors (Lipinski definition) is 0. The Morgan fingerprint density at radius 1 is 1.24 bits per heavy atom. The van der Waals surface area contributed by atoms with Crippen molar-refractivity contribution >= 4 is 15.7 Å². The lowest BCUT2D eigenvalue weighted by Gasteiger charge is -2.33. The van der Waals surface area contributed by atoms with E-state index in [0.717, 1.165) is 11.8 Å².